The van der Waals surface area contributed by atoms with Crippen LogP contribution < -0.4 is 15.4 Å². The summed E-state index contributed by atoms with van der Waals surface area (Å²) in [6.07, 6.45) is 0. The van der Waals surface area contributed by atoms with E-state index >= 15 is 0 Å². The van der Waals surface area contributed by atoms with Crippen LogP contribution in [0.1, 0.15) is 6.92 Å². The fourth-order valence-electron chi connectivity index (χ4n) is 2.24. The quantitative estimate of drug-likeness (QED) is 0.721. The first kappa shape index (κ1) is 19.9. The van der Waals surface area contributed by atoms with E-state index in [9.17, 15) is 9.59 Å². The number of hydrogen-bond donors (Lipinski definition) is 2. The first-order valence-corrected chi connectivity index (χ1v) is 8.89. The van der Waals surface area contributed by atoms with Crippen LogP contribution in [0.4, 0.5) is 11.4 Å². The van der Waals surface area contributed by atoms with Gasteiger partial charge in [-0.05, 0) is 50.4 Å². The second-order valence-electron chi connectivity index (χ2n) is 5.87. The highest BCUT2D eigenvalue weighted by Crippen LogP contribution is 2.17. The van der Waals surface area contributed by atoms with Crippen LogP contribution in [0, 0.1) is 0 Å². The minimum atomic E-state index is -0.463. The molecule has 2 aromatic rings. The normalized spacial score (nSPS) is 11.7. The summed E-state index contributed by atoms with van der Waals surface area (Å²) in [5.41, 5.74) is 1.36. The molecule has 2 amide bonds. The summed E-state index contributed by atoms with van der Waals surface area (Å²) in [5, 5.41) is 5.64. The molecule has 2 aromatic carbocycles. The number of benzene rings is 2. The van der Waals surface area contributed by atoms with Crippen molar-refractivity contribution in [2.45, 2.75) is 13.0 Å². The monoisotopic (exact) mass is 419 g/mol. The van der Waals surface area contributed by atoms with E-state index in [4.69, 9.17) is 4.74 Å². The molecule has 0 unspecified atom stereocenters. The van der Waals surface area contributed by atoms with Crippen LogP contribution in [0.5, 0.6) is 5.75 Å². The molecular weight excluding hydrogens is 398 g/mol. The van der Waals surface area contributed by atoms with E-state index in [0.29, 0.717) is 17.1 Å². The van der Waals surface area contributed by atoms with Gasteiger partial charge in [-0.15, -0.1) is 0 Å². The van der Waals surface area contributed by atoms with Crippen LogP contribution in [-0.4, -0.2) is 43.5 Å². The minimum absolute atomic E-state index is 0.0894. The number of carbonyl (C=O) groups excluding carboxylic acids is 2. The highest BCUT2D eigenvalue weighted by Gasteiger charge is 2.20. The van der Waals surface area contributed by atoms with Gasteiger partial charge in [-0.1, -0.05) is 22.0 Å². The smallest absolute Gasteiger partial charge is 0.241 e. The zero-order valence-electron chi connectivity index (χ0n) is 15.0. The van der Waals surface area contributed by atoms with Gasteiger partial charge in [0.2, 0.25) is 11.8 Å². The van der Waals surface area contributed by atoms with Crippen molar-refractivity contribution in [3.8, 4) is 5.75 Å². The summed E-state index contributed by atoms with van der Waals surface area (Å²) in [7, 11) is 3.30. The number of nitrogens with one attached hydrogen (secondary N) is 2. The van der Waals surface area contributed by atoms with Gasteiger partial charge in [0.1, 0.15) is 5.75 Å². The topological polar surface area (TPSA) is 70.7 Å². The Bertz CT molecular complexity index is 765. The fraction of sp³-hybridized carbons (Fsp3) is 0.263. The number of halogens is 1. The van der Waals surface area contributed by atoms with Crippen molar-refractivity contribution in [1.29, 1.82) is 0 Å². The van der Waals surface area contributed by atoms with Crippen molar-refractivity contribution >= 4 is 39.1 Å². The van der Waals surface area contributed by atoms with E-state index in [2.05, 4.69) is 26.6 Å². The zero-order chi connectivity index (χ0) is 19.1. The molecule has 0 aliphatic carbocycles. The molecule has 7 heteroatoms. The van der Waals surface area contributed by atoms with Crippen LogP contribution in [0.2, 0.25) is 0 Å². The maximum atomic E-state index is 12.3. The van der Waals surface area contributed by atoms with Gasteiger partial charge >= 0.3 is 0 Å². The highest BCUT2D eigenvalue weighted by molar-refractivity contribution is 9.10. The number of methoxy groups -OCH3 is 1. The van der Waals surface area contributed by atoms with Gasteiger partial charge in [0.25, 0.3) is 0 Å². The van der Waals surface area contributed by atoms with Crippen molar-refractivity contribution in [2.75, 3.05) is 31.3 Å². The molecule has 2 rings (SSSR count). The molecular formula is C19H22BrN3O3. The molecule has 0 aliphatic heterocycles. The number of likely N-dealkylation sites (N-methyl/N-ethyl adjacent to an activating group) is 1. The van der Waals surface area contributed by atoms with E-state index in [1.807, 2.05) is 24.3 Å². The largest absolute Gasteiger partial charge is 0.497 e. The Balaban J connectivity index is 1.88. The van der Waals surface area contributed by atoms with Crippen molar-refractivity contribution in [1.82, 2.24) is 4.90 Å². The van der Waals surface area contributed by atoms with Crippen molar-refractivity contribution in [3.63, 3.8) is 0 Å². The Morgan fingerprint density at radius 3 is 2.46 bits per heavy atom. The lowest BCUT2D eigenvalue weighted by atomic mass is 10.2. The van der Waals surface area contributed by atoms with Crippen molar-refractivity contribution in [3.05, 3.63) is 53.0 Å². The highest BCUT2D eigenvalue weighted by atomic mass is 79.9. The van der Waals surface area contributed by atoms with Crippen molar-refractivity contribution in [2.24, 2.45) is 0 Å². The third kappa shape index (κ3) is 5.86. The van der Waals surface area contributed by atoms with E-state index in [1.54, 1.807) is 50.2 Å². The number of anilines is 2. The summed E-state index contributed by atoms with van der Waals surface area (Å²) in [4.78, 5) is 26.2. The van der Waals surface area contributed by atoms with Gasteiger partial charge in [-0.2, -0.15) is 0 Å². The van der Waals surface area contributed by atoms with Gasteiger partial charge in [-0.25, -0.2) is 0 Å². The third-order valence-corrected chi connectivity index (χ3v) is 4.43. The molecule has 0 aromatic heterocycles. The lowest BCUT2D eigenvalue weighted by Crippen LogP contribution is -2.43. The van der Waals surface area contributed by atoms with Crippen LogP contribution in [0.15, 0.2) is 53.0 Å². The number of nitrogens with zero attached hydrogens (tertiary/aromatic N) is 1. The summed E-state index contributed by atoms with van der Waals surface area (Å²) >= 11 is 3.35. The molecule has 0 spiro atoms. The van der Waals surface area contributed by atoms with E-state index in [1.165, 1.54) is 0 Å². The molecule has 0 fully saturated rings. The van der Waals surface area contributed by atoms with Crippen LogP contribution in [-0.2, 0) is 9.59 Å². The summed E-state index contributed by atoms with van der Waals surface area (Å²) in [5.74, 6) is 0.284. The number of hydrogen-bond acceptors (Lipinski definition) is 4. The first-order chi connectivity index (χ1) is 12.4. The van der Waals surface area contributed by atoms with E-state index < -0.39 is 6.04 Å². The number of carbonyl (C=O) groups is 2. The minimum Gasteiger partial charge on any atom is -0.497 e. The molecule has 0 saturated heterocycles. The number of ether oxygens (including phenoxy) is 1. The number of rotatable bonds is 7. The van der Waals surface area contributed by atoms with Crippen molar-refractivity contribution < 1.29 is 14.3 Å². The van der Waals surface area contributed by atoms with E-state index in [0.717, 1.165) is 4.47 Å². The standard InChI is InChI=1S/C19H22BrN3O3/c1-13(19(25)22-15-9-7-14(20)8-10-15)23(2)12-18(24)21-16-5-4-6-17(11-16)26-3/h4-11,13H,12H2,1-3H3,(H,21,24)(H,22,25)/t13-/m0/s1. The van der Waals surface area contributed by atoms with Gasteiger partial charge in [-0.3, -0.25) is 14.5 Å². The van der Waals surface area contributed by atoms with E-state index in [-0.39, 0.29) is 18.4 Å². The first-order valence-electron chi connectivity index (χ1n) is 8.09. The summed E-state index contributed by atoms with van der Waals surface area (Å²) in [6, 6.07) is 14.0. The van der Waals surface area contributed by atoms with Gasteiger partial charge in [0, 0.05) is 21.9 Å². The Kier molecular flexibility index (Phi) is 7.17. The molecule has 138 valence electrons. The average Bonchev–Trinajstić information content (AvgIpc) is 2.62. The lowest BCUT2D eigenvalue weighted by Gasteiger charge is -2.23. The summed E-state index contributed by atoms with van der Waals surface area (Å²) in [6.45, 7) is 1.85. The predicted molar refractivity (Wildman–Crippen MR) is 106 cm³/mol. The Hall–Kier alpha value is -2.38. The zero-order valence-corrected chi connectivity index (χ0v) is 16.5. The molecule has 0 heterocycles. The molecule has 0 saturated carbocycles. The van der Waals surface area contributed by atoms with Crippen LogP contribution in [0.3, 0.4) is 0 Å². The molecule has 6 nitrogen and oxygen atoms in total. The molecule has 0 bridgehead atoms. The SMILES string of the molecule is COc1cccc(NC(=O)CN(C)[C@@H](C)C(=O)Nc2ccc(Br)cc2)c1. The maximum absolute atomic E-state index is 12.3. The predicted octanol–water partition coefficient (Wildman–Crippen LogP) is 3.36. The Labute approximate surface area is 161 Å². The number of amides is 2. The van der Waals surface area contributed by atoms with Gasteiger partial charge in [0.15, 0.2) is 0 Å². The average molecular weight is 420 g/mol. The maximum Gasteiger partial charge on any atom is 0.241 e. The third-order valence-electron chi connectivity index (χ3n) is 3.90. The van der Waals surface area contributed by atoms with Gasteiger partial charge in [0.05, 0.1) is 19.7 Å². The fourth-order valence-corrected chi connectivity index (χ4v) is 2.51. The second kappa shape index (κ2) is 9.35. The Morgan fingerprint density at radius 2 is 1.81 bits per heavy atom. The second-order valence-corrected chi connectivity index (χ2v) is 6.78. The van der Waals surface area contributed by atoms with Crippen LogP contribution >= 0.6 is 15.9 Å². The van der Waals surface area contributed by atoms with Crippen LogP contribution in [0.25, 0.3) is 0 Å². The lowest BCUT2D eigenvalue weighted by molar-refractivity contribution is -0.122. The molecule has 0 radical (unpaired) electrons. The Morgan fingerprint density at radius 1 is 1.12 bits per heavy atom. The summed E-state index contributed by atoms with van der Waals surface area (Å²) < 4.78 is 6.07. The van der Waals surface area contributed by atoms with Gasteiger partial charge < -0.3 is 15.4 Å². The molecule has 26 heavy (non-hydrogen) atoms. The molecule has 2 N–H and O–H groups in total. The molecule has 1 atom stereocenters. The molecule has 0 aliphatic rings.